The molecule has 2 nitrogen and oxygen atoms in total. The fraction of sp³-hybridized carbons (Fsp3) is 0.250. The standard InChI is InChI=1S/C8H7ClF3NO/c1-4-5(9)2-3-6(13)7(4)14-8(10,11)12/h2-3H,13H2,1H3. The molecular weight excluding hydrogens is 219 g/mol. The fourth-order valence-corrected chi connectivity index (χ4v) is 1.09. The first kappa shape index (κ1) is 11.0. The van der Waals surface area contributed by atoms with E-state index in [9.17, 15) is 13.2 Å². The van der Waals surface area contributed by atoms with Crippen molar-refractivity contribution < 1.29 is 17.9 Å². The zero-order valence-electron chi connectivity index (χ0n) is 7.15. The summed E-state index contributed by atoms with van der Waals surface area (Å²) in [7, 11) is 0. The first-order chi connectivity index (χ1) is 6.31. The third-order valence-corrected chi connectivity index (χ3v) is 2.00. The van der Waals surface area contributed by atoms with Crippen LogP contribution in [-0.4, -0.2) is 6.36 Å². The maximum atomic E-state index is 11.9. The number of halogens is 4. The number of nitrogens with two attached hydrogens (primary N) is 1. The molecule has 1 aromatic carbocycles. The maximum absolute atomic E-state index is 11.9. The van der Waals surface area contributed by atoms with Crippen molar-refractivity contribution in [3.8, 4) is 5.75 Å². The van der Waals surface area contributed by atoms with E-state index in [1.54, 1.807) is 0 Å². The number of ether oxygens (including phenoxy) is 1. The summed E-state index contributed by atoms with van der Waals surface area (Å²) < 4.78 is 39.5. The van der Waals surface area contributed by atoms with Gasteiger partial charge >= 0.3 is 6.36 Å². The Morgan fingerprint density at radius 2 is 1.93 bits per heavy atom. The summed E-state index contributed by atoms with van der Waals surface area (Å²) in [4.78, 5) is 0. The predicted molar refractivity (Wildman–Crippen MR) is 47.3 cm³/mol. The SMILES string of the molecule is Cc1c(Cl)ccc(N)c1OC(F)(F)F. The van der Waals surface area contributed by atoms with E-state index in [1.165, 1.54) is 19.1 Å². The highest BCUT2D eigenvalue weighted by Gasteiger charge is 2.32. The van der Waals surface area contributed by atoms with Crippen molar-refractivity contribution in [3.63, 3.8) is 0 Å². The van der Waals surface area contributed by atoms with Crippen LogP contribution in [0, 0.1) is 6.92 Å². The number of hydrogen-bond acceptors (Lipinski definition) is 2. The highest BCUT2D eigenvalue weighted by atomic mass is 35.5. The van der Waals surface area contributed by atoms with Gasteiger partial charge in [-0.3, -0.25) is 0 Å². The second kappa shape index (κ2) is 3.57. The Bertz CT molecular complexity index is 351. The van der Waals surface area contributed by atoms with E-state index in [1.807, 2.05) is 0 Å². The summed E-state index contributed by atoms with van der Waals surface area (Å²) in [5, 5.41) is 0.179. The first-order valence-electron chi connectivity index (χ1n) is 3.61. The van der Waals surface area contributed by atoms with E-state index in [0.717, 1.165) is 0 Å². The highest BCUT2D eigenvalue weighted by Crippen LogP contribution is 2.35. The van der Waals surface area contributed by atoms with Gasteiger partial charge in [-0.25, -0.2) is 0 Å². The van der Waals surface area contributed by atoms with Gasteiger partial charge in [0.2, 0.25) is 0 Å². The Kier molecular flexibility index (Phi) is 2.80. The van der Waals surface area contributed by atoms with E-state index in [0.29, 0.717) is 0 Å². The van der Waals surface area contributed by atoms with Crippen molar-refractivity contribution >= 4 is 17.3 Å². The average molecular weight is 226 g/mol. The van der Waals surface area contributed by atoms with Crippen LogP contribution in [0.5, 0.6) is 5.75 Å². The summed E-state index contributed by atoms with van der Waals surface area (Å²) >= 11 is 5.61. The van der Waals surface area contributed by atoms with Gasteiger partial charge in [0.15, 0.2) is 5.75 Å². The largest absolute Gasteiger partial charge is 0.573 e. The highest BCUT2D eigenvalue weighted by molar-refractivity contribution is 6.31. The third kappa shape index (κ3) is 2.45. The molecular formula is C8H7ClF3NO. The van der Waals surface area contributed by atoms with Crippen molar-refractivity contribution in [2.24, 2.45) is 0 Å². The van der Waals surface area contributed by atoms with Crippen LogP contribution in [0.1, 0.15) is 5.56 Å². The minimum atomic E-state index is -4.76. The van der Waals surface area contributed by atoms with Gasteiger partial charge in [-0.2, -0.15) is 0 Å². The number of rotatable bonds is 1. The lowest BCUT2D eigenvalue weighted by molar-refractivity contribution is -0.274. The molecule has 0 bridgehead atoms. The van der Waals surface area contributed by atoms with Crippen LogP contribution in [0.25, 0.3) is 0 Å². The van der Waals surface area contributed by atoms with Crippen LogP contribution in [0.3, 0.4) is 0 Å². The van der Waals surface area contributed by atoms with Gasteiger partial charge < -0.3 is 10.5 Å². The van der Waals surface area contributed by atoms with Crippen molar-refractivity contribution in [1.82, 2.24) is 0 Å². The Morgan fingerprint density at radius 1 is 1.36 bits per heavy atom. The molecule has 2 N–H and O–H groups in total. The molecule has 0 spiro atoms. The van der Waals surface area contributed by atoms with Crippen molar-refractivity contribution in [3.05, 3.63) is 22.7 Å². The number of anilines is 1. The van der Waals surface area contributed by atoms with Gasteiger partial charge in [0.25, 0.3) is 0 Å². The third-order valence-electron chi connectivity index (χ3n) is 1.59. The van der Waals surface area contributed by atoms with Gasteiger partial charge in [0.1, 0.15) is 0 Å². The summed E-state index contributed by atoms with van der Waals surface area (Å²) in [5.41, 5.74) is 5.39. The Balaban J connectivity index is 3.13. The van der Waals surface area contributed by atoms with E-state index < -0.39 is 12.1 Å². The quantitative estimate of drug-likeness (QED) is 0.746. The maximum Gasteiger partial charge on any atom is 0.573 e. The summed E-state index contributed by atoms with van der Waals surface area (Å²) in [5.74, 6) is -0.440. The normalized spacial score (nSPS) is 11.5. The number of benzene rings is 1. The van der Waals surface area contributed by atoms with Crippen molar-refractivity contribution in [2.75, 3.05) is 5.73 Å². The molecule has 0 saturated carbocycles. The molecule has 0 atom stereocenters. The van der Waals surface area contributed by atoms with Crippen LogP contribution in [0.2, 0.25) is 5.02 Å². The van der Waals surface area contributed by atoms with Crippen LogP contribution in [-0.2, 0) is 0 Å². The number of nitrogen functional groups attached to an aromatic ring is 1. The lowest BCUT2D eigenvalue weighted by Gasteiger charge is -2.14. The minimum absolute atomic E-state index is 0.0933. The molecule has 0 unspecified atom stereocenters. The topological polar surface area (TPSA) is 35.2 Å². The van der Waals surface area contributed by atoms with E-state index in [2.05, 4.69) is 4.74 Å². The number of alkyl halides is 3. The molecule has 0 aliphatic carbocycles. The fourth-order valence-electron chi connectivity index (χ4n) is 0.940. The minimum Gasteiger partial charge on any atom is -0.403 e. The van der Waals surface area contributed by atoms with Crippen LogP contribution in [0.4, 0.5) is 18.9 Å². The van der Waals surface area contributed by atoms with E-state index >= 15 is 0 Å². The predicted octanol–water partition coefficient (Wildman–Crippen LogP) is 3.13. The molecule has 0 aromatic heterocycles. The van der Waals surface area contributed by atoms with Gasteiger partial charge in [-0.1, -0.05) is 11.6 Å². The zero-order chi connectivity index (χ0) is 10.9. The molecule has 78 valence electrons. The second-order valence-corrected chi connectivity index (χ2v) is 3.05. The van der Waals surface area contributed by atoms with E-state index in [4.69, 9.17) is 17.3 Å². The van der Waals surface area contributed by atoms with Crippen molar-refractivity contribution in [2.45, 2.75) is 13.3 Å². The summed E-state index contributed by atoms with van der Waals surface area (Å²) in [6, 6.07) is 2.67. The Hall–Kier alpha value is -1.10. The monoisotopic (exact) mass is 225 g/mol. The van der Waals surface area contributed by atoms with Gasteiger partial charge in [-0.05, 0) is 19.1 Å². The average Bonchev–Trinajstić information content (AvgIpc) is 2.04. The molecule has 14 heavy (non-hydrogen) atoms. The molecule has 0 amide bonds. The molecule has 0 saturated heterocycles. The first-order valence-corrected chi connectivity index (χ1v) is 3.99. The van der Waals surface area contributed by atoms with Crippen LogP contribution >= 0.6 is 11.6 Å². The summed E-state index contributed by atoms with van der Waals surface area (Å²) in [6.07, 6.45) is -4.76. The Morgan fingerprint density at radius 3 is 2.43 bits per heavy atom. The van der Waals surface area contributed by atoms with Crippen LogP contribution < -0.4 is 10.5 Å². The van der Waals surface area contributed by atoms with Crippen molar-refractivity contribution in [1.29, 1.82) is 0 Å². The second-order valence-electron chi connectivity index (χ2n) is 2.64. The lowest BCUT2D eigenvalue weighted by atomic mass is 10.2. The van der Waals surface area contributed by atoms with Gasteiger partial charge in [-0.15, -0.1) is 13.2 Å². The number of hydrogen-bond donors (Lipinski definition) is 1. The van der Waals surface area contributed by atoms with Gasteiger partial charge in [0, 0.05) is 10.6 Å². The lowest BCUT2D eigenvalue weighted by Crippen LogP contribution is -2.18. The molecule has 6 heteroatoms. The van der Waals surface area contributed by atoms with E-state index in [-0.39, 0.29) is 16.3 Å². The van der Waals surface area contributed by atoms with Crippen LogP contribution in [0.15, 0.2) is 12.1 Å². The molecule has 0 aliphatic heterocycles. The zero-order valence-corrected chi connectivity index (χ0v) is 7.91. The summed E-state index contributed by atoms with van der Waals surface area (Å²) in [6.45, 7) is 1.40. The molecule has 1 rings (SSSR count). The molecule has 0 fully saturated rings. The molecule has 1 aromatic rings. The molecule has 0 aliphatic rings. The smallest absolute Gasteiger partial charge is 0.403 e. The molecule has 0 radical (unpaired) electrons. The van der Waals surface area contributed by atoms with Gasteiger partial charge in [0.05, 0.1) is 5.69 Å². The Labute approximate surface area is 83.4 Å². The molecule has 0 heterocycles.